The van der Waals surface area contributed by atoms with Crippen molar-refractivity contribution in [2.24, 2.45) is 5.73 Å². The van der Waals surface area contributed by atoms with E-state index in [1.165, 1.54) is 22.3 Å². The van der Waals surface area contributed by atoms with Crippen molar-refractivity contribution in [3.8, 4) is 11.1 Å². The van der Waals surface area contributed by atoms with Gasteiger partial charge >= 0.3 is 5.97 Å². The molecule has 0 saturated heterocycles. The highest BCUT2D eigenvalue weighted by Gasteiger charge is 2.19. The van der Waals surface area contributed by atoms with E-state index >= 15 is 0 Å². The molecule has 1 aliphatic carbocycles. The second kappa shape index (κ2) is 4.52. The van der Waals surface area contributed by atoms with Gasteiger partial charge in [0.1, 0.15) is 6.04 Å². The van der Waals surface area contributed by atoms with Crippen molar-refractivity contribution in [2.45, 2.75) is 18.9 Å². The molecule has 3 rings (SSSR count). The first kappa shape index (κ1) is 11.9. The molecule has 2 aromatic rings. The smallest absolute Gasteiger partial charge is 0.320 e. The van der Waals surface area contributed by atoms with Crippen molar-refractivity contribution >= 4 is 5.97 Å². The zero-order chi connectivity index (χ0) is 13.4. The zero-order valence-corrected chi connectivity index (χ0v) is 10.5. The molecule has 0 spiro atoms. The fraction of sp³-hybridized carbons (Fsp3) is 0.188. The number of rotatable bonds is 3. The molecular weight excluding hydrogens is 238 g/mol. The lowest BCUT2D eigenvalue weighted by atomic mass is 10.00. The fourth-order valence-corrected chi connectivity index (χ4v) is 2.67. The van der Waals surface area contributed by atoms with Gasteiger partial charge in [0.05, 0.1) is 0 Å². The van der Waals surface area contributed by atoms with Crippen LogP contribution in [0, 0.1) is 0 Å². The second-order valence-corrected chi connectivity index (χ2v) is 4.97. The van der Waals surface area contributed by atoms with Gasteiger partial charge in [-0.05, 0) is 40.7 Å². The van der Waals surface area contributed by atoms with Gasteiger partial charge in [0.15, 0.2) is 0 Å². The molecule has 0 amide bonds. The Hall–Kier alpha value is -2.13. The Morgan fingerprint density at radius 2 is 1.89 bits per heavy atom. The average Bonchev–Trinajstić information content (AvgIpc) is 2.76. The van der Waals surface area contributed by atoms with Gasteiger partial charge in [-0.2, -0.15) is 0 Å². The van der Waals surface area contributed by atoms with E-state index in [1.54, 1.807) is 0 Å². The van der Waals surface area contributed by atoms with Crippen molar-refractivity contribution in [1.82, 2.24) is 0 Å². The summed E-state index contributed by atoms with van der Waals surface area (Å²) < 4.78 is 0. The number of nitrogens with two attached hydrogens (primary N) is 1. The van der Waals surface area contributed by atoms with Crippen LogP contribution >= 0.6 is 0 Å². The third-order valence-corrected chi connectivity index (χ3v) is 3.63. The second-order valence-electron chi connectivity index (χ2n) is 4.97. The van der Waals surface area contributed by atoms with E-state index in [9.17, 15) is 4.79 Å². The highest BCUT2D eigenvalue weighted by atomic mass is 16.4. The summed E-state index contributed by atoms with van der Waals surface area (Å²) in [5.74, 6) is -0.955. The molecule has 0 heterocycles. The zero-order valence-electron chi connectivity index (χ0n) is 10.5. The molecule has 0 aliphatic heterocycles. The number of carboxylic acids is 1. The molecule has 0 saturated carbocycles. The van der Waals surface area contributed by atoms with E-state index in [2.05, 4.69) is 24.3 Å². The summed E-state index contributed by atoms with van der Waals surface area (Å²) in [5.41, 5.74) is 11.7. The summed E-state index contributed by atoms with van der Waals surface area (Å²) in [5, 5.41) is 8.85. The largest absolute Gasteiger partial charge is 0.480 e. The number of carbonyl (C=O) groups is 1. The number of hydrogen-bond acceptors (Lipinski definition) is 2. The lowest BCUT2D eigenvalue weighted by Gasteiger charge is -2.08. The Kier molecular flexibility index (Phi) is 2.84. The molecule has 19 heavy (non-hydrogen) atoms. The molecule has 3 N–H and O–H groups in total. The quantitative estimate of drug-likeness (QED) is 0.752. The molecule has 0 aromatic heterocycles. The van der Waals surface area contributed by atoms with Gasteiger partial charge in [-0.15, -0.1) is 0 Å². The molecule has 3 heteroatoms. The minimum absolute atomic E-state index is 0.374. The van der Waals surface area contributed by atoms with Crippen LogP contribution in [0.4, 0.5) is 0 Å². The van der Waals surface area contributed by atoms with Crippen molar-refractivity contribution < 1.29 is 9.90 Å². The topological polar surface area (TPSA) is 63.3 Å². The lowest BCUT2D eigenvalue weighted by molar-refractivity contribution is -0.138. The summed E-state index contributed by atoms with van der Waals surface area (Å²) in [7, 11) is 0. The highest BCUT2D eigenvalue weighted by molar-refractivity contribution is 5.77. The monoisotopic (exact) mass is 253 g/mol. The average molecular weight is 253 g/mol. The summed E-state index contributed by atoms with van der Waals surface area (Å²) in [6.45, 7) is 0. The first-order chi connectivity index (χ1) is 9.15. The number of benzene rings is 2. The molecule has 0 unspecified atom stereocenters. The summed E-state index contributed by atoms with van der Waals surface area (Å²) >= 11 is 0. The molecule has 0 bridgehead atoms. The molecule has 1 aliphatic rings. The molecule has 1 atom stereocenters. The Balaban J connectivity index is 1.91. The Bertz CT molecular complexity index is 649. The fourth-order valence-electron chi connectivity index (χ4n) is 2.67. The van der Waals surface area contributed by atoms with Crippen molar-refractivity contribution in [1.29, 1.82) is 0 Å². The van der Waals surface area contributed by atoms with Gasteiger partial charge < -0.3 is 10.8 Å². The van der Waals surface area contributed by atoms with E-state index in [1.807, 2.05) is 18.2 Å². The number of carboxylic acid groups (broad SMARTS) is 1. The van der Waals surface area contributed by atoms with Crippen molar-refractivity contribution in [2.75, 3.05) is 0 Å². The van der Waals surface area contributed by atoms with Crippen LogP contribution in [0.3, 0.4) is 0 Å². The van der Waals surface area contributed by atoms with Crippen LogP contribution in [0.25, 0.3) is 11.1 Å². The molecular formula is C16H15NO2. The maximum atomic E-state index is 10.8. The van der Waals surface area contributed by atoms with Gasteiger partial charge in [-0.3, -0.25) is 4.79 Å². The van der Waals surface area contributed by atoms with Gasteiger partial charge in [0.25, 0.3) is 0 Å². The third-order valence-electron chi connectivity index (χ3n) is 3.63. The predicted octanol–water partition coefficient (Wildman–Crippen LogP) is 2.21. The normalized spacial score (nSPS) is 13.7. The van der Waals surface area contributed by atoms with Crippen LogP contribution in [0.15, 0.2) is 42.5 Å². The van der Waals surface area contributed by atoms with Crippen LogP contribution in [0.2, 0.25) is 0 Å². The summed E-state index contributed by atoms with van der Waals surface area (Å²) in [6, 6.07) is 13.7. The van der Waals surface area contributed by atoms with E-state index in [0.717, 1.165) is 12.0 Å². The van der Waals surface area contributed by atoms with E-state index < -0.39 is 12.0 Å². The van der Waals surface area contributed by atoms with E-state index in [4.69, 9.17) is 10.8 Å². The lowest BCUT2D eigenvalue weighted by Crippen LogP contribution is -2.32. The number of hydrogen-bond donors (Lipinski definition) is 2. The van der Waals surface area contributed by atoms with E-state index in [-0.39, 0.29) is 0 Å². The Morgan fingerprint density at radius 3 is 2.68 bits per heavy atom. The minimum atomic E-state index is -0.955. The Labute approximate surface area is 111 Å². The molecule has 0 radical (unpaired) electrons. The van der Waals surface area contributed by atoms with Crippen molar-refractivity contribution in [3.63, 3.8) is 0 Å². The van der Waals surface area contributed by atoms with Gasteiger partial charge in [0.2, 0.25) is 0 Å². The molecule has 96 valence electrons. The third kappa shape index (κ3) is 2.13. The van der Waals surface area contributed by atoms with Crippen LogP contribution < -0.4 is 5.73 Å². The SMILES string of the molecule is N[C@H](Cc1ccc2c(c1)Cc1ccccc1-2)C(=O)O. The summed E-state index contributed by atoms with van der Waals surface area (Å²) in [4.78, 5) is 10.8. The van der Waals surface area contributed by atoms with Crippen LogP contribution in [0.5, 0.6) is 0 Å². The van der Waals surface area contributed by atoms with Crippen LogP contribution in [-0.4, -0.2) is 17.1 Å². The molecule has 3 nitrogen and oxygen atoms in total. The maximum absolute atomic E-state index is 10.8. The molecule has 2 aromatic carbocycles. The maximum Gasteiger partial charge on any atom is 0.320 e. The van der Waals surface area contributed by atoms with Gasteiger partial charge in [-0.1, -0.05) is 42.5 Å². The molecule has 0 fully saturated rings. The standard InChI is InChI=1S/C16H15NO2/c17-15(16(18)19)8-10-5-6-14-12(7-10)9-11-3-1-2-4-13(11)14/h1-7,15H,8-9,17H2,(H,18,19)/t15-/m1/s1. The predicted molar refractivity (Wildman–Crippen MR) is 74.0 cm³/mol. The first-order valence-electron chi connectivity index (χ1n) is 6.33. The number of fused-ring (bicyclic) bond motifs is 3. The first-order valence-corrected chi connectivity index (χ1v) is 6.33. The summed E-state index contributed by atoms with van der Waals surface area (Å²) in [6.07, 6.45) is 1.29. The van der Waals surface area contributed by atoms with Gasteiger partial charge in [-0.25, -0.2) is 0 Å². The highest BCUT2D eigenvalue weighted by Crippen LogP contribution is 2.36. The number of aliphatic carboxylic acids is 1. The van der Waals surface area contributed by atoms with E-state index in [0.29, 0.717) is 6.42 Å². The van der Waals surface area contributed by atoms with Crippen molar-refractivity contribution in [3.05, 3.63) is 59.2 Å². The minimum Gasteiger partial charge on any atom is -0.480 e. The Morgan fingerprint density at radius 1 is 1.16 bits per heavy atom. The van der Waals surface area contributed by atoms with Crippen LogP contribution in [0.1, 0.15) is 16.7 Å². The van der Waals surface area contributed by atoms with Gasteiger partial charge in [0, 0.05) is 0 Å². The van der Waals surface area contributed by atoms with Crippen LogP contribution in [-0.2, 0) is 17.6 Å².